The normalized spacial score (nSPS) is 12.7. The molecule has 0 saturated carbocycles. The molecule has 2 rings (SSSR count). The molecule has 1 nitrogen and oxygen atoms in total. The third-order valence-corrected chi connectivity index (χ3v) is 3.93. The van der Waals surface area contributed by atoms with Gasteiger partial charge in [0, 0.05) is 6.04 Å². The van der Waals surface area contributed by atoms with Crippen molar-refractivity contribution in [3.8, 4) is 0 Å². The molecule has 1 atom stereocenters. The number of benzene rings is 2. The predicted octanol–water partition coefficient (Wildman–Crippen LogP) is 4.67. The number of aryl methyl sites for hydroxylation is 2. The third kappa shape index (κ3) is 3.49. The van der Waals surface area contributed by atoms with E-state index in [0.29, 0.717) is 5.92 Å². The standard InChI is InChI=1S/C19H25N/c1-13(2)17-8-6-16(7-9-17)12-19(20)18-10-5-14(3)11-15(18)4/h5-11,13,19H,12,20H2,1-4H3. The molecule has 2 aromatic carbocycles. The van der Waals surface area contributed by atoms with Gasteiger partial charge in [0.25, 0.3) is 0 Å². The fraction of sp³-hybridized carbons (Fsp3) is 0.368. The van der Waals surface area contributed by atoms with E-state index in [0.717, 1.165) is 6.42 Å². The zero-order valence-electron chi connectivity index (χ0n) is 13.0. The maximum atomic E-state index is 6.38. The summed E-state index contributed by atoms with van der Waals surface area (Å²) in [7, 11) is 0. The molecule has 1 heteroatoms. The topological polar surface area (TPSA) is 26.0 Å². The Morgan fingerprint density at radius 2 is 1.60 bits per heavy atom. The predicted molar refractivity (Wildman–Crippen MR) is 87.1 cm³/mol. The summed E-state index contributed by atoms with van der Waals surface area (Å²) in [5.41, 5.74) is 12.9. The molecule has 0 aliphatic rings. The first-order valence-electron chi connectivity index (χ1n) is 7.39. The van der Waals surface area contributed by atoms with E-state index < -0.39 is 0 Å². The van der Waals surface area contributed by atoms with Gasteiger partial charge in [-0.3, -0.25) is 0 Å². The Hall–Kier alpha value is -1.60. The van der Waals surface area contributed by atoms with Crippen molar-refractivity contribution in [2.75, 3.05) is 0 Å². The Bertz CT molecular complexity index is 567. The van der Waals surface area contributed by atoms with Crippen molar-refractivity contribution in [2.45, 2.75) is 46.1 Å². The first kappa shape index (κ1) is 14.8. The van der Waals surface area contributed by atoms with Crippen LogP contribution >= 0.6 is 0 Å². The van der Waals surface area contributed by atoms with Crippen LogP contribution in [-0.2, 0) is 6.42 Å². The van der Waals surface area contributed by atoms with Crippen LogP contribution in [0.1, 0.15) is 53.6 Å². The van der Waals surface area contributed by atoms with E-state index in [2.05, 4.69) is 70.2 Å². The molecular formula is C19H25N. The molecule has 0 radical (unpaired) electrons. The molecule has 0 heterocycles. The van der Waals surface area contributed by atoms with E-state index in [1.165, 1.54) is 27.8 Å². The lowest BCUT2D eigenvalue weighted by Gasteiger charge is -2.16. The Morgan fingerprint density at radius 1 is 0.950 bits per heavy atom. The Balaban J connectivity index is 2.12. The highest BCUT2D eigenvalue weighted by molar-refractivity contribution is 5.34. The van der Waals surface area contributed by atoms with Gasteiger partial charge in [-0.25, -0.2) is 0 Å². The maximum Gasteiger partial charge on any atom is 0.0338 e. The van der Waals surface area contributed by atoms with Crippen molar-refractivity contribution in [1.82, 2.24) is 0 Å². The lowest BCUT2D eigenvalue weighted by atomic mass is 9.94. The van der Waals surface area contributed by atoms with Crippen LogP contribution in [0.25, 0.3) is 0 Å². The summed E-state index contributed by atoms with van der Waals surface area (Å²) >= 11 is 0. The zero-order chi connectivity index (χ0) is 14.7. The molecule has 0 aliphatic carbocycles. The molecule has 20 heavy (non-hydrogen) atoms. The monoisotopic (exact) mass is 267 g/mol. The van der Waals surface area contributed by atoms with Gasteiger partial charge in [0.05, 0.1) is 0 Å². The van der Waals surface area contributed by atoms with Gasteiger partial charge in [0.2, 0.25) is 0 Å². The second-order valence-corrected chi connectivity index (χ2v) is 6.07. The van der Waals surface area contributed by atoms with Crippen LogP contribution in [-0.4, -0.2) is 0 Å². The van der Waals surface area contributed by atoms with Crippen molar-refractivity contribution in [2.24, 2.45) is 5.73 Å². The first-order chi connectivity index (χ1) is 9.47. The van der Waals surface area contributed by atoms with Crippen molar-refractivity contribution in [1.29, 1.82) is 0 Å². The average molecular weight is 267 g/mol. The first-order valence-corrected chi connectivity index (χ1v) is 7.39. The molecule has 0 amide bonds. The van der Waals surface area contributed by atoms with Gasteiger partial charge in [0.15, 0.2) is 0 Å². The SMILES string of the molecule is Cc1ccc(C(N)Cc2ccc(C(C)C)cc2)c(C)c1. The lowest BCUT2D eigenvalue weighted by molar-refractivity contribution is 0.715. The minimum Gasteiger partial charge on any atom is -0.324 e. The summed E-state index contributed by atoms with van der Waals surface area (Å²) in [6.07, 6.45) is 0.891. The Morgan fingerprint density at radius 3 is 2.15 bits per heavy atom. The van der Waals surface area contributed by atoms with E-state index >= 15 is 0 Å². The molecule has 0 saturated heterocycles. The maximum absolute atomic E-state index is 6.38. The van der Waals surface area contributed by atoms with Crippen LogP contribution in [0.15, 0.2) is 42.5 Å². The number of hydrogen-bond donors (Lipinski definition) is 1. The summed E-state index contributed by atoms with van der Waals surface area (Å²) < 4.78 is 0. The number of hydrogen-bond acceptors (Lipinski definition) is 1. The molecule has 0 spiro atoms. The van der Waals surface area contributed by atoms with Gasteiger partial charge in [-0.1, -0.05) is 61.9 Å². The highest BCUT2D eigenvalue weighted by atomic mass is 14.6. The minimum atomic E-state index is 0.0699. The van der Waals surface area contributed by atoms with Crippen molar-refractivity contribution in [3.05, 3.63) is 70.3 Å². The van der Waals surface area contributed by atoms with Gasteiger partial charge >= 0.3 is 0 Å². The number of nitrogens with two attached hydrogens (primary N) is 1. The minimum absolute atomic E-state index is 0.0699. The van der Waals surface area contributed by atoms with Crippen LogP contribution in [0.2, 0.25) is 0 Å². The summed E-state index contributed by atoms with van der Waals surface area (Å²) in [4.78, 5) is 0. The molecular weight excluding hydrogens is 242 g/mol. The summed E-state index contributed by atoms with van der Waals surface area (Å²) in [6.45, 7) is 8.70. The largest absolute Gasteiger partial charge is 0.324 e. The molecule has 0 aliphatic heterocycles. The molecule has 0 bridgehead atoms. The summed E-state index contributed by atoms with van der Waals surface area (Å²) in [5.74, 6) is 0.581. The number of rotatable bonds is 4. The van der Waals surface area contributed by atoms with Crippen LogP contribution in [0.5, 0.6) is 0 Å². The highest BCUT2D eigenvalue weighted by Crippen LogP contribution is 2.22. The van der Waals surface area contributed by atoms with E-state index in [1.807, 2.05) is 0 Å². The molecule has 0 fully saturated rings. The van der Waals surface area contributed by atoms with E-state index in [9.17, 15) is 0 Å². The van der Waals surface area contributed by atoms with Crippen LogP contribution in [0.3, 0.4) is 0 Å². The highest BCUT2D eigenvalue weighted by Gasteiger charge is 2.10. The molecule has 1 unspecified atom stereocenters. The van der Waals surface area contributed by atoms with Crippen LogP contribution in [0, 0.1) is 13.8 Å². The van der Waals surface area contributed by atoms with Crippen molar-refractivity contribution in [3.63, 3.8) is 0 Å². The molecule has 0 aromatic heterocycles. The van der Waals surface area contributed by atoms with E-state index in [1.54, 1.807) is 0 Å². The van der Waals surface area contributed by atoms with Gasteiger partial charge in [-0.15, -0.1) is 0 Å². The van der Waals surface area contributed by atoms with Gasteiger partial charge in [-0.2, -0.15) is 0 Å². The Kier molecular flexibility index (Phi) is 4.61. The third-order valence-electron chi connectivity index (χ3n) is 3.93. The fourth-order valence-electron chi connectivity index (χ4n) is 2.64. The average Bonchev–Trinajstić information content (AvgIpc) is 2.39. The second kappa shape index (κ2) is 6.23. The molecule has 2 aromatic rings. The molecule has 106 valence electrons. The van der Waals surface area contributed by atoms with Gasteiger partial charge in [-0.05, 0) is 48.4 Å². The molecule has 2 N–H and O–H groups in total. The van der Waals surface area contributed by atoms with Crippen molar-refractivity contribution >= 4 is 0 Å². The van der Waals surface area contributed by atoms with Crippen molar-refractivity contribution < 1.29 is 0 Å². The smallest absolute Gasteiger partial charge is 0.0338 e. The van der Waals surface area contributed by atoms with Crippen LogP contribution in [0.4, 0.5) is 0 Å². The Labute approximate surface area is 122 Å². The quantitative estimate of drug-likeness (QED) is 0.856. The second-order valence-electron chi connectivity index (χ2n) is 6.07. The fourth-order valence-corrected chi connectivity index (χ4v) is 2.64. The van der Waals surface area contributed by atoms with Gasteiger partial charge < -0.3 is 5.73 Å². The zero-order valence-corrected chi connectivity index (χ0v) is 13.0. The summed E-state index contributed by atoms with van der Waals surface area (Å²) in [6, 6.07) is 15.4. The van der Waals surface area contributed by atoms with E-state index in [-0.39, 0.29) is 6.04 Å². The van der Waals surface area contributed by atoms with E-state index in [4.69, 9.17) is 5.73 Å². The van der Waals surface area contributed by atoms with Gasteiger partial charge in [0.1, 0.15) is 0 Å². The summed E-state index contributed by atoms with van der Waals surface area (Å²) in [5, 5.41) is 0. The lowest BCUT2D eigenvalue weighted by Crippen LogP contribution is -2.14. The van der Waals surface area contributed by atoms with Crippen LogP contribution < -0.4 is 5.73 Å².